The maximum atomic E-state index is 6.66. The zero-order valence-corrected chi connectivity index (χ0v) is 16.8. The number of hydrogen-bond acceptors (Lipinski definition) is 1. The van der Waals surface area contributed by atoms with E-state index in [0.29, 0.717) is 0 Å². The topological polar surface area (TPSA) is 9.23 Å². The van der Waals surface area contributed by atoms with E-state index in [1.54, 1.807) is 0 Å². The highest BCUT2D eigenvalue weighted by Crippen LogP contribution is 2.42. The Labute approximate surface area is 179 Å². The predicted octanol–water partition coefficient (Wildman–Crippen LogP) is 8.68. The lowest BCUT2D eigenvalue weighted by molar-refractivity contribution is 0.495. The molecule has 0 fully saturated rings. The maximum Gasteiger partial charge on any atom is 0.135 e. The van der Waals surface area contributed by atoms with Crippen LogP contribution >= 0.6 is 0 Å². The van der Waals surface area contributed by atoms with Crippen molar-refractivity contribution in [3.05, 3.63) is 109 Å². The van der Waals surface area contributed by atoms with Crippen LogP contribution in [0.25, 0.3) is 53.9 Å². The molecule has 0 bridgehead atoms. The van der Waals surface area contributed by atoms with E-state index in [0.717, 1.165) is 22.3 Å². The summed E-state index contributed by atoms with van der Waals surface area (Å²) in [5, 5.41) is 12.3. The van der Waals surface area contributed by atoms with Crippen molar-refractivity contribution in [2.24, 2.45) is 0 Å². The molecule has 0 N–H and O–H groups in total. The average molecular weight is 394 g/mol. The van der Waals surface area contributed by atoms with E-state index in [1.807, 2.05) is 0 Å². The highest BCUT2D eigenvalue weighted by molar-refractivity contribution is 6.24. The monoisotopic (exact) mass is 394 g/mol. The highest BCUT2D eigenvalue weighted by atomic mass is 16.5. The second kappa shape index (κ2) is 6.20. The van der Waals surface area contributed by atoms with Crippen LogP contribution in [0.1, 0.15) is 0 Å². The van der Waals surface area contributed by atoms with Crippen LogP contribution in [0.4, 0.5) is 0 Å². The lowest BCUT2D eigenvalue weighted by Gasteiger charge is -2.16. The molecule has 0 atom stereocenters. The van der Waals surface area contributed by atoms with E-state index < -0.39 is 0 Å². The fraction of sp³-hybridized carbons (Fsp3) is 0. The minimum atomic E-state index is 0.893. The molecule has 31 heavy (non-hydrogen) atoms. The minimum absolute atomic E-state index is 0.893. The summed E-state index contributed by atoms with van der Waals surface area (Å²) in [6, 6.07) is 38.7. The van der Waals surface area contributed by atoms with Gasteiger partial charge in [-0.1, -0.05) is 91.0 Å². The van der Waals surface area contributed by atoms with Gasteiger partial charge in [-0.05, 0) is 55.9 Å². The number of fused-ring (bicyclic) bond motifs is 3. The third-order valence-corrected chi connectivity index (χ3v) is 6.44. The van der Waals surface area contributed by atoms with E-state index in [2.05, 4.69) is 109 Å². The number of hydrogen-bond donors (Lipinski definition) is 0. The lowest BCUT2D eigenvalue weighted by Crippen LogP contribution is -1.90. The van der Waals surface area contributed by atoms with Crippen molar-refractivity contribution in [2.45, 2.75) is 0 Å². The molecule has 7 aromatic carbocycles. The Kier molecular flexibility index (Phi) is 3.33. The fourth-order valence-electron chi connectivity index (χ4n) is 5.02. The molecule has 0 unspecified atom stereocenters. The van der Waals surface area contributed by atoms with Gasteiger partial charge >= 0.3 is 0 Å². The molecule has 0 saturated heterocycles. The molecular weight excluding hydrogens is 376 g/mol. The normalized spacial score (nSPS) is 11.9. The molecule has 1 nitrogen and oxygen atoms in total. The Morgan fingerprint density at radius 2 is 0.968 bits per heavy atom. The summed E-state index contributed by atoms with van der Waals surface area (Å²) in [5.74, 6) is 1.79. The Hall–Kier alpha value is -4.10. The van der Waals surface area contributed by atoms with Crippen molar-refractivity contribution in [1.29, 1.82) is 0 Å². The quantitative estimate of drug-likeness (QED) is 0.266. The molecule has 7 aromatic rings. The van der Waals surface area contributed by atoms with Gasteiger partial charge in [-0.3, -0.25) is 0 Å². The van der Waals surface area contributed by atoms with Gasteiger partial charge in [0.2, 0.25) is 0 Å². The first kappa shape index (κ1) is 16.7. The smallest absolute Gasteiger partial charge is 0.135 e. The first-order valence-electron chi connectivity index (χ1n) is 10.6. The number of rotatable bonds is 2. The van der Waals surface area contributed by atoms with Crippen LogP contribution in [0, 0.1) is 0 Å². The molecule has 7 rings (SSSR count). The van der Waals surface area contributed by atoms with Crippen molar-refractivity contribution in [1.82, 2.24) is 0 Å². The van der Waals surface area contributed by atoms with Gasteiger partial charge in [-0.25, -0.2) is 0 Å². The van der Waals surface area contributed by atoms with Crippen LogP contribution in [-0.2, 0) is 0 Å². The molecule has 0 spiro atoms. The van der Waals surface area contributed by atoms with Gasteiger partial charge in [0.25, 0.3) is 0 Å². The standard InChI is InChI=1S/C30H18O/c1-2-9-23-22(6-1)18-28(25-11-4-3-10-24(23)25)31-27-17-15-21-13-12-19-7-5-8-20-14-16-26(27)30(21)29(19)20/h1-18H. The predicted molar refractivity (Wildman–Crippen MR) is 132 cm³/mol. The van der Waals surface area contributed by atoms with E-state index in [4.69, 9.17) is 4.74 Å². The van der Waals surface area contributed by atoms with Gasteiger partial charge in [-0.15, -0.1) is 0 Å². The van der Waals surface area contributed by atoms with Gasteiger partial charge in [0.05, 0.1) is 0 Å². The van der Waals surface area contributed by atoms with Crippen LogP contribution in [0.2, 0.25) is 0 Å². The second-order valence-corrected chi connectivity index (χ2v) is 8.16. The van der Waals surface area contributed by atoms with Gasteiger partial charge in [0.1, 0.15) is 11.5 Å². The van der Waals surface area contributed by atoms with Gasteiger partial charge in [0.15, 0.2) is 0 Å². The van der Waals surface area contributed by atoms with Crippen molar-refractivity contribution >= 4 is 53.9 Å². The molecule has 0 aromatic heterocycles. The third kappa shape index (κ3) is 2.38. The molecule has 1 heteroatoms. The Balaban J connectivity index is 1.52. The second-order valence-electron chi connectivity index (χ2n) is 8.16. The van der Waals surface area contributed by atoms with E-state index in [1.165, 1.54) is 43.1 Å². The summed E-state index contributed by atoms with van der Waals surface area (Å²) in [5.41, 5.74) is 0. The van der Waals surface area contributed by atoms with Gasteiger partial charge in [-0.2, -0.15) is 0 Å². The summed E-state index contributed by atoms with van der Waals surface area (Å²) in [6.07, 6.45) is 0. The summed E-state index contributed by atoms with van der Waals surface area (Å²) < 4.78 is 6.66. The Morgan fingerprint density at radius 1 is 0.355 bits per heavy atom. The fourth-order valence-corrected chi connectivity index (χ4v) is 5.02. The lowest BCUT2D eigenvalue weighted by atomic mass is 9.94. The summed E-state index contributed by atoms with van der Waals surface area (Å²) >= 11 is 0. The van der Waals surface area contributed by atoms with Gasteiger partial charge in [0, 0.05) is 16.2 Å². The number of ether oxygens (including phenoxy) is 1. The van der Waals surface area contributed by atoms with Crippen molar-refractivity contribution in [2.75, 3.05) is 0 Å². The van der Waals surface area contributed by atoms with Crippen LogP contribution < -0.4 is 4.74 Å². The zero-order valence-electron chi connectivity index (χ0n) is 16.8. The number of benzene rings is 7. The van der Waals surface area contributed by atoms with Crippen LogP contribution in [-0.4, -0.2) is 0 Å². The molecule has 0 saturated carbocycles. The summed E-state index contributed by atoms with van der Waals surface area (Å²) in [6.45, 7) is 0. The van der Waals surface area contributed by atoms with E-state index >= 15 is 0 Å². The van der Waals surface area contributed by atoms with Crippen molar-refractivity contribution in [3.8, 4) is 11.5 Å². The molecule has 0 heterocycles. The molecular formula is C30H18O. The van der Waals surface area contributed by atoms with Gasteiger partial charge < -0.3 is 4.74 Å². The van der Waals surface area contributed by atoms with Crippen LogP contribution in [0.5, 0.6) is 11.5 Å². The third-order valence-electron chi connectivity index (χ3n) is 6.44. The average Bonchev–Trinajstić information content (AvgIpc) is 2.83. The first-order valence-corrected chi connectivity index (χ1v) is 10.6. The SMILES string of the molecule is c1ccc2c(c1)cc(Oc1ccc3ccc4cccc5ccc1c3c45)c1ccccc12. The molecule has 144 valence electrons. The Bertz CT molecular complexity index is 1740. The zero-order chi connectivity index (χ0) is 20.4. The molecule has 0 aliphatic rings. The minimum Gasteiger partial charge on any atom is -0.456 e. The maximum absolute atomic E-state index is 6.66. The van der Waals surface area contributed by atoms with E-state index in [9.17, 15) is 0 Å². The van der Waals surface area contributed by atoms with Crippen LogP contribution in [0.3, 0.4) is 0 Å². The van der Waals surface area contributed by atoms with E-state index in [-0.39, 0.29) is 0 Å². The molecule has 0 amide bonds. The Morgan fingerprint density at radius 3 is 1.81 bits per heavy atom. The van der Waals surface area contributed by atoms with Crippen molar-refractivity contribution in [3.63, 3.8) is 0 Å². The molecule has 0 aliphatic carbocycles. The van der Waals surface area contributed by atoms with Crippen LogP contribution in [0.15, 0.2) is 109 Å². The summed E-state index contributed by atoms with van der Waals surface area (Å²) in [7, 11) is 0. The largest absolute Gasteiger partial charge is 0.456 e. The summed E-state index contributed by atoms with van der Waals surface area (Å²) in [4.78, 5) is 0. The molecule has 0 aliphatic heterocycles. The molecule has 0 radical (unpaired) electrons. The highest BCUT2D eigenvalue weighted by Gasteiger charge is 2.14. The first-order chi connectivity index (χ1) is 15.4. The van der Waals surface area contributed by atoms with Crippen molar-refractivity contribution < 1.29 is 4.74 Å².